The van der Waals surface area contributed by atoms with Crippen molar-refractivity contribution in [1.29, 1.82) is 0 Å². The Labute approximate surface area is 105 Å². The lowest BCUT2D eigenvalue weighted by molar-refractivity contribution is 1.37. The molecule has 0 aliphatic carbocycles. The van der Waals surface area contributed by atoms with Gasteiger partial charge in [0.05, 0.1) is 0 Å². The number of rotatable bonds is 2. The number of hydrogen-bond donors (Lipinski definition) is 1. The Kier molecular flexibility index (Phi) is 3.30. The van der Waals surface area contributed by atoms with Gasteiger partial charge in [-0.3, -0.25) is 0 Å². The number of anilines is 2. The van der Waals surface area contributed by atoms with Gasteiger partial charge in [0.2, 0.25) is 0 Å². The summed E-state index contributed by atoms with van der Waals surface area (Å²) in [6, 6.07) is 14.6. The molecule has 0 aromatic heterocycles. The van der Waals surface area contributed by atoms with Crippen LogP contribution in [0.5, 0.6) is 0 Å². The zero-order chi connectivity index (χ0) is 11.5. The molecule has 0 spiro atoms. The van der Waals surface area contributed by atoms with E-state index in [9.17, 15) is 0 Å². The highest BCUT2D eigenvalue weighted by atomic mass is 79.9. The zero-order valence-corrected chi connectivity index (χ0v) is 11.0. The molecule has 2 aromatic carbocycles. The van der Waals surface area contributed by atoms with Crippen LogP contribution in [0.3, 0.4) is 0 Å². The molecule has 0 saturated carbocycles. The van der Waals surface area contributed by atoms with Gasteiger partial charge in [0.1, 0.15) is 0 Å². The van der Waals surface area contributed by atoms with E-state index in [4.69, 9.17) is 0 Å². The Bertz CT molecular complexity index is 489. The third-order valence-electron chi connectivity index (χ3n) is 2.51. The summed E-state index contributed by atoms with van der Waals surface area (Å²) >= 11 is 3.43. The molecule has 2 rings (SSSR count). The molecule has 0 fully saturated rings. The summed E-state index contributed by atoms with van der Waals surface area (Å²) in [5.41, 5.74) is 4.82. The molecule has 0 aliphatic heterocycles. The lowest BCUT2D eigenvalue weighted by atomic mass is 10.1. The van der Waals surface area contributed by atoms with E-state index in [2.05, 4.69) is 65.4 Å². The Hall–Kier alpha value is -1.28. The monoisotopic (exact) mass is 275 g/mol. The molecular weight excluding hydrogens is 262 g/mol. The van der Waals surface area contributed by atoms with E-state index >= 15 is 0 Å². The van der Waals surface area contributed by atoms with E-state index in [1.165, 1.54) is 11.1 Å². The minimum absolute atomic E-state index is 1.10. The van der Waals surface area contributed by atoms with Crippen molar-refractivity contribution in [2.45, 2.75) is 13.8 Å². The molecule has 2 heteroatoms. The quantitative estimate of drug-likeness (QED) is 0.830. The number of nitrogens with one attached hydrogen (secondary N) is 1. The predicted octanol–water partition coefficient (Wildman–Crippen LogP) is 4.81. The summed E-state index contributed by atoms with van der Waals surface area (Å²) in [7, 11) is 0. The average molecular weight is 276 g/mol. The van der Waals surface area contributed by atoms with Crippen LogP contribution in [0.25, 0.3) is 0 Å². The maximum absolute atomic E-state index is 3.43. The molecule has 0 aliphatic rings. The van der Waals surface area contributed by atoms with Gasteiger partial charge in [0.25, 0.3) is 0 Å². The molecule has 0 radical (unpaired) electrons. The number of halogens is 1. The van der Waals surface area contributed by atoms with Crippen LogP contribution >= 0.6 is 15.9 Å². The van der Waals surface area contributed by atoms with Crippen LogP contribution in [-0.4, -0.2) is 0 Å². The molecule has 1 N–H and O–H groups in total. The first-order chi connectivity index (χ1) is 7.65. The number of aryl methyl sites for hydroxylation is 2. The minimum Gasteiger partial charge on any atom is -0.355 e. The van der Waals surface area contributed by atoms with Crippen LogP contribution < -0.4 is 5.32 Å². The van der Waals surface area contributed by atoms with Gasteiger partial charge in [-0.05, 0) is 49.7 Å². The highest BCUT2D eigenvalue weighted by Gasteiger charge is 1.98. The summed E-state index contributed by atoms with van der Waals surface area (Å²) in [4.78, 5) is 0. The Balaban J connectivity index is 2.23. The van der Waals surface area contributed by atoms with E-state index in [0.29, 0.717) is 0 Å². The van der Waals surface area contributed by atoms with Crippen LogP contribution in [0.4, 0.5) is 11.4 Å². The average Bonchev–Trinajstić information content (AvgIpc) is 2.25. The van der Waals surface area contributed by atoms with E-state index < -0.39 is 0 Å². The van der Waals surface area contributed by atoms with Gasteiger partial charge in [-0.1, -0.05) is 33.6 Å². The molecule has 0 unspecified atom stereocenters. The fourth-order valence-electron chi connectivity index (χ4n) is 1.64. The summed E-state index contributed by atoms with van der Waals surface area (Å²) in [6.07, 6.45) is 0. The van der Waals surface area contributed by atoms with Crippen LogP contribution in [0, 0.1) is 13.8 Å². The van der Waals surface area contributed by atoms with E-state index in [0.717, 1.165) is 15.8 Å². The van der Waals surface area contributed by atoms with Crippen molar-refractivity contribution in [1.82, 2.24) is 0 Å². The first-order valence-electron chi connectivity index (χ1n) is 5.25. The van der Waals surface area contributed by atoms with Crippen molar-refractivity contribution in [2.24, 2.45) is 0 Å². The van der Waals surface area contributed by atoms with Gasteiger partial charge in [-0.2, -0.15) is 0 Å². The first-order valence-corrected chi connectivity index (χ1v) is 6.04. The third kappa shape index (κ3) is 2.64. The SMILES string of the molecule is Cc1ccc(Nc2ccc(Br)cc2)c(C)c1. The molecule has 0 heterocycles. The second kappa shape index (κ2) is 4.71. The minimum atomic E-state index is 1.10. The van der Waals surface area contributed by atoms with Crippen molar-refractivity contribution in [3.05, 3.63) is 58.1 Å². The highest BCUT2D eigenvalue weighted by Crippen LogP contribution is 2.22. The van der Waals surface area contributed by atoms with Gasteiger partial charge in [0, 0.05) is 15.8 Å². The van der Waals surface area contributed by atoms with Crippen molar-refractivity contribution in [3.63, 3.8) is 0 Å². The smallest absolute Gasteiger partial charge is 0.0414 e. The molecule has 2 aromatic rings. The standard InChI is InChI=1S/C14H14BrN/c1-10-3-8-14(11(2)9-10)16-13-6-4-12(15)5-7-13/h3-9,16H,1-2H3. The van der Waals surface area contributed by atoms with E-state index in [1.54, 1.807) is 0 Å². The lowest BCUT2D eigenvalue weighted by Crippen LogP contribution is -1.93. The second-order valence-electron chi connectivity index (χ2n) is 3.95. The molecule has 0 saturated heterocycles. The lowest BCUT2D eigenvalue weighted by Gasteiger charge is -2.10. The van der Waals surface area contributed by atoms with Crippen molar-refractivity contribution >= 4 is 27.3 Å². The third-order valence-corrected chi connectivity index (χ3v) is 3.03. The molecule has 0 atom stereocenters. The Morgan fingerprint density at radius 1 is 0.938 bits per heavy atom. The molecule has 0 amide bonds. The number of hydrogen-bond acceptors (Lipinski definition) is 1. The normalized spacial score (nSPS) is 10.2. The van der Waals surface area contributed by atoms with Crippen molar-refractivity contribution < 1.29 is 0 Å². The maximum atomic E-state index is 3.43. The molecular formula is C14H14BrN. The van der Waals surface area contributed by atoms with E-state index in [1.807, 2.05) is 12.1 Å². The summed E-state index contributed by atoms with van der Waals surface area (Å²) < 4.78 is 1.10. The summed E-state index contributed by atoms with van der Waals surface area (Å²) in [6.45, 7) is 4.23. The van der Waals surface area contributed by atoms with Crippen LogP contribution in [0.1, 0.15) is 11.1 Å². The van der Waals surface area contributed by atoms with Gasteiger partial charge >= 0.3 is 0 Å². The second-order valence-corrected chi connectivity index (χ2v) is 4.87. The Morgan fingerprint density at radius 3 is 2.25 bits per heavy atom. The van der Waals surface area contributed by atoms with Gasteiger partial charge in [-0.25, -0.2) is 0 Å². The number of benzene rings is 2. The van der Waals surface area contributed by atoms with Crippen molar-refractivity contribution in [3.8, 4) is 0 Å². The van der Waals surface area contributed by atoms with Gasteiger partial charge < -0.3 is 5.32 Å². The largest absolute Gasteiger partial charge is 0.355 e. The van der Waals surface area contributed by atoms with Crippen molar-refractivity contribution in [2.75, 3.05) is 5.32 Å². The fourth-order valence-corrected chi connectivity index (χ4v) is 1.91. The van der Waals surface area contributed by atoms with Gasteiger partial charge in [0.15, 0.2) is 0 Å². The van der Waals surface area contributed by atoms with Crippen LogP contribution in [0.2, 0.25) is 0 Å². The summed E-state index contributed by atoms with van der Waals surface area (Å²) in [5, 5.41) is 3.41. The van der Waals surface area contributed by atoms with E-state index in [-0.39, 0.29) is 0 Å². The Morgan fingerprint density at radius 2 is 1.62 bits per heavy atom. The molecule has 82 valence electrons. The maximum Gasteiger partial charge on any atom is 0.0414 e. The molecule has 1 nitrogen and oxygen atoms in total. The topological polar surface area (TPSA) is 12.0 Å². The van der Waals surface area contributed by atoms with Gasteiger partial charge in [-0.15, -0.1) is 0 Å². The highest BCUT2D eigenvalue weighted by molar-refractivity contribution is 9.10. The first kappa shape index (κ1) is 11.2. The molecule has 16 heavy (non-hydrogen) atoms. The van der Waals surface area contributed by atoms with Crippen LogP contribution in [-0.2, 0) is 0 Å². The summed E-state index contributed by atoms with van der Waals surface area (Å²) in [5.74, 6) is 0. The molecule has 0 bridgehead atoms. The van der Waals surface area contributed by atoms with Crippen LogP contribution in [0.15, 0.2) is 46.9 Å². The predicted molar refractivity (Wildman–Crippen MR) is 73.3 cm³/mol. The zero-order valence-electron chi connectivity index (χ0n) is 9.42. The fraction of sp³-hybridized carbons (Fsp3) is 0.143.